The quantitative estimate of drug-likeness (QED) is 0.862. The third-order valence-corrected chi connectivity index (χ3v) is 5.76. The van der Waals surface area contributed by atoms with Crippen molar-refractivity contribution in [3.63, 3.8) is 0 Å². The summed E-state index contributed by atoms with van der Waals surface area (Å²) in [5, 5.41) is 3.59. The Kier molecular flexibility index (Phi) is 4.39. The molecule has 4 heterocycles. The van der Waals surface area contributed by atoms with Gasteiger partial charge in [0.1, 0.15) is 0 Å². The predicted molar refractivity (Wildman–Crippen MR) is 95.8 cm³/mol. The smallest absolute Gasteiger partial charge is 0.379 e. The molecule has 2 atom stereocenters. The van der Waals surface area contributed by atoms with Gasteiger partial charge in [0.05, 0.1) is 23.1 Å². The van der Waals surface area contributed by atoms with Crippen LogP contribution in [0.3, 0.4) is 0 Å². The molecule has 3 saturated heterocycles. The van der Waals surface area contributed by atoms with Gasteiger partial charge in [-0.15, -0.1) is 0 Å². The first kappa shape index (κ1) is 17.3. The SMILES string of the molecule is CC1C(Nc2ccc(-c3cccc(C(F)(F)F)c3)nc2)C2CCN1CC2. The molecule has 0 saturated carbocycles. The minimum absolute atomic E-state index is 0.402. The van der Waals surface area contributed by atoms with Crippen LogP contribution in [0.1, 0.15) is 25.3 Å². The highest BCUT2D eigenvalue weighted by molar-refractivity contribution is 5.62. The van der Waals surface area contributed by atoms with Crippen LogP contribution < -0.4 is 5.32 Å². The van der Waals surface area contributed by atoms with Gasteiger partial charge >= 0.3 is 6.18 Å². The number of nitrogens with zero attached hydrogens (tertiary/aromatic N) is 2. The van der Waals surface area contributed by atoms with E-state index in [1.54, 1.807) is 18.3 Å². The average Bonchev–Trinajstić information content (AvgIpc) is 2.65. The standard InChI is InChI=1S/C20H22F3N3/c1-13-19(14-7-9-26(13)10-8-14)25-17-5-6-18(24-12-17)15-3-2-4-16(11-15)20(21,22)23/h2-6,11-14,19,25H,7-10H2,1H3. The zero-order chi connectivity index (χ0) is 18.3. The molecular weight excluding hydrogens is 339 g/mol. The van der Waals surface area contributed by atoms with Gasteiger partial charge in [-0.05, 0) is 63.0 Å². The van der Waals surface area contributed by atoms with Crippen molar-refractivity contribution >= 4 is 5.69 Å². The number of aromatic nitrogens is 1. The lowest BCUT2D eigenvalue weighted by Gasteiger charge is -2.50. The fourth-order valence-corrected chi connectivity index (χ4v) is 4.24. The highest BCUT2D eigenvalue weighted by Gasteiger charge is 2.39. The zero-order valence-electron chi connectivity index (χ0n) is 14.6. The third kappa shape index (κ3) is 3.30. The van der Waals surface area contributed by atoms with Gasteiger partial charge in [0.2, 0.25) is 0 Å². The van der Waals surface area contributed by atoms with Crippen LogP contribution in [0.2, 0.25) is 0 Å². The number of fused-ring (bicyclic) bond motifs is 3. The highest BCUT2D eigenvalue weighted by Crippen LogP contribution is 2.35. The van der Waals surface area contributed by atoms with Gasteiger partial charge in [0.15, 0.2) is 0 Å². The van der Waals surface area contributed by atoms with Crippen LogP contribution in [0.25, 0.3) is 11.3 Å². The lowest BCUT2D eigenvalue weighted by Crippen LogP contribution is -2.59. The number of nitrogens with one attached hydrogen (secondary N) is 1. The molecule has 0 aliphatic carbocycles. The van der Waals surface area contributed by atoms with Gasteiger partial charge in [0, 0.05) is 17.6 Å². The van der Waals surface area contributed by atoms with E-state index in [-0.39, 0.29) is 0 Å². The van der Waals surface area contributed by atoms with Crippen molar-refractivity contribution in [3.8, 4) is 11.3 Å². The number of piperidine rings is 3. The molecule has 6 heteroatoms. The Hall–Kier alpha value is -2.08. The van der Waals surface area contributed by atoms with Crippen molar-refractivity contribution in [2.45, 2.75) is 38.0 Å². The summed E-state index contributed by atoms with van der Waals surface area (Å²) < 4.78 is 38.7. The van der Waals surface area contributed by atoms with E-state index in [1.807, 2.05) is 6.07 Å². The molecule has 1 N–H and O–H groups in total. The number of pyridine rings is 1. The summed E-state index contributed by atoms with van der Waals surface area (Å²) in [7, 11) is 0. The van der Waals surface area contributed by atoms with Crippen LogP contribution in [0.15, 0.2) is 42.6 Å². The molecule has 1 aromatic carbocycles. The molecule has 5 rings (SSSR count). The largest absolute Gasteiger partial charge is 0.416 e. The van der Waals surface area contributed by atoms with Crippen molar-refractivity contribution in [3.05, 3.63) is 48.2 Å². The summed E-state index contributed by atoms with van der Waals surface area (Å²) >= 11 is 0. The van der Waals surface area contributed by atoms with E-state index in [1.165, 1.54) is 32.0 Å². The van der Waals surface area contributed by atoms with Gasteiger partial charge in [-0.25, -0.2) is 0 Å². The van der Waals surface area contributed by atoms with Crippen LogP contribution in [0, 0.1) is 5.92 Å². The van der Waals surface area contributed by atoms with Gasteiger partial charge in [-0.2, -0.15) is 13.2 Å². The summed E-state index contributed by atoms with van der Waals surface area (Å²) in [4.78, 5) is 6.90. The number of anilines is 1. The fourth-order valence-electron chi connectivity index (χ4n) is 4.24. The maximum Gasteiger partial charge on any atom is 0.416 e. The van der Waals surface area contributed by atoms with Crippen molar-refractivity contribution in [2.75, 3.05) is 18.4 Å². The Labute approximate surface area is 151 Å². The van der Waals surface area contributed by atoms with Crippen LogP contribution in [0.5, 0.6) is 0 Å². The van der Waals surface area contributed by atoms with Gasteiger partial charge in [0.25, 0.3) is 0 Å². The molecule has 1 aromatic heterocycles. The van der Waals surface area contributed by atoms with Gasteiger partial charge in [-0.3, -0.25) is 9.88 Å². The summed E-state index contributed by atoms with van der Waals surface area (Å²) in [6, 6.07) is 9.88. The minimum atomic E-state index is -4.34. The molecular formula is C20H22F3N3. The van der Waals surface area contributed by atoms with Crippen molar-refractivity contribution in [1.29, 1.82) is 0 Å². The Morgan fingerprint density at radius 2 is 1.88 bits per heavy atom. The second-order valence-electron chi connectivity index (χ2n) is 7.29. The number of halogens is 3. The Morgan fingerprint density at radius 3 is 2.50 bits per heavy atom. The molecule has 3 nitrogen and oxygen atoms in total. The molecule has 2 bridgehead atoms. The van der Waals surface area contributed by atoms with Gasteiger partial charge in [-0.1, -0.05) is 12.1 Å². The van der Waals surface area contributed by atoms with Crippen LogP contribution in [-0.2, 0) is 6.18 Å². The Balaban J connectivity index is 1.51. The average molecular weight is 361 g/mol. The number of alkyl halides is 3. The first-order valence-electron chi connectivity index (χ1n) is 9.06. The molecule has 26 heavy (non-hydrogen) atoms. The van der Waals surface area contributed by atoms with Crippen molar-refractivity contribution < 1.29 is 13.2 Å². The Bertz CT molecular complexity index is 763. The van der Waals surface area contributed by atoms with E-state index in [0.29, 0.717) is 29.3 Å². The lowest BCUT2D eigenvalue weighted by atomic mass is 9.79. The summed E-state index contributed by atoms with van der Waals surface area (Å²) in [5.41, 5.74) is 1.29. The molecule has 3 aliphatic rings. The van der Waals surface area contributed by atoms with Gasteiger partial charge < -0.3 is 5.32 Å². The van der Waals surface area contributed by atoms with E-state index in [9.17, 15) is 13.2 Å². The molecule has 2 aromatic rings. The topological polar surface area (TPSA) is 28.2 Å². The number of hydrogen-bond acceptors (Lipinski definition) is 3. The third-order valence-electron chi connectivity index (χ3n) is 5.76. The molecule has 138 valence electrons. The normalized spacial score (nSPS) is 28.2. The van der Waals surface area contributed by atoms with Crippen molar-refractivity contribution in [1.82, 2.24) is 9.88 Å². The first-order valence-corrected chi connectivity index (χ1v) is 9.06. The lowest BCUT2D eigenvalue weighted by molar-refractivity contribution is -0.137. The molecule has 0 spiro atoms. The zero-order valence-corrected chi connectivity index (χ0v) is 14.6. The first-order chi connectivity index (χ1) is 12.4. The second kappa shape index (κ2) is 6.58. The summed E-state index contributed by atoms with van der Waals surface area (Å²) in [6.07, 6.45) is -0.182. The molecule has 3 aliphatic heterocycles. The molecule has 2 unspecified atom stereocenters. The molecule has 0 amide bonds. The number of benzene rings is 1. The van der Waals surface area contributed by atoms with Crippen molar-refractivity contribution in [2.24, 2.45) is 5.92 Å². The van der Waals surface area contributed by atoms with E-state index in [4.69, 9.17) is 0 Å². The van der Waals surface area contributed by atoms with E-state index < -0.39 is 11.7 Å². The second-order valence-corrected chi connectivity index (χ2v) is 7.29. The van der Waals surface area contributed by atoms with E-state index in [0.717, 1.165) is 17.8 Å². The van der Waals surface area contributed by atoms with Crippen LogP contribution in [-0.4, -0.2) is 35.1 Å². The number of hydrogen-bond donors (Lipinski definition) is 1. The molecule has 3 fully saturated rings. The summed E-state index contributed by atoms with van der Waals surface area (Å²) in [5.74, 6) is 0.679. The highest BCUT2D eigenvalue weighted by atomic mass is 19.4. The number of rotatable bonds is 3. The predicted octanol–water partition coefficient (Wildman–Crippen LogP) is 4.66. The van der Waals surface area contributed by atoms with Crippen LogP contribution >= 0.6 is 0 Å². The van der Waals surface area contributed by atoms with Crippen LogP contribution in [0.4, 0.5) is 18.9 Å². The molecule has 0 radical (unpaired) electrons. The maximum absolute atomic E-state index is 12.9. The monoisotopic (exact) mass is 361 g/mol. The fraction of sp³-hybridized carbons (Fsp3) is 0.450. The maximum atomic E-state index is 12.9. The summed E-state index contributed by atoms with van der Waals surface area (Å²) in [6.45, 7) is 4.61. The van der Waals surface area contributed by atoms with E-state index >= 15 is 0 Å². The minimum Gasteiger partial charge on any atom is -0.379 e. The Morgan fingerprint density at radius 1 is 1.12 bits per heavy atom. The van der Waals surface area contributed by atoms with E-state index in [2.05, 4.69) is 22.1 Å².